The number of nitrogens with zero attached hydrogens (tertiary/aromatic N) is 3. The number of nitrogens with two attached hydrogens (primary N) is 1. The van der Waals surface area contributed by atoms with Crippen LogP contribution >= 0.6 is 11.3 Å². The van der Waals surface area contributed by atoms with Crippen LogP contribution in [0.5, 0.6) is 0 Å². The Labute approximate surface area is 121 Å². The summed E-state index contributed by atoms with van der Waals surface area (Å²) < 4.78 is 2.06. The fraction of sp³-hybridized carbons (Fsp3) is 0.333. The zero-order valence-electron chi connectivity index (χ0n) is 11.4. The van der Waals surface area contributed by atoms with Gasteiger partial charge in [0.05, 0.1) is 10.6 Å². The van der Waals surface area contributed by atoms with Crippen LogP contribution in [0.15, 0.2) is 18.3 Å². The highest BCUT2D eigenvalue weighted by Gasteiger charge is 2.24. The number of anilines is 1. The van der Waals surface area contributed by atoms with Crippen LogP contribution in [-0.4, -0.2) is 14.5 Å². The van der Waals surface area contributed by atoms with Crippen molar-refractivity contribution in [1.82, 2.24) is 14.5 Å². The molecule has 4 rings (SSSR count). The van der Waals surface area contributed by atoms with E-state index >= 15 is 0 Å². The average molecular weight is 284 g/mol. The van der Waals surface area contributed by atoms with Crippen LogP contribution < -0.4 is 5.73 Å². The van der Waals surface area contributed by atoms with Crippen molar-refractivity contribution in [2.24, 2.45) is 7.05 Å². The molecule has 2 N–H and O–H groups in total. The predicted octanol–water partition coefficient (Wildman–Crippen LogP) is 3.16. The molecule has 3 heterocycles. The lowest BCUT2D eigenvalue weighted by atomic mass is 9.95. The summed E-state index contributed by atoms with van der Waals surface area (Å²) in [6.45, 7) is 0. The highest BCUT2D eigenvalue weighted by Crippen LogP contribution is 2.42. The van der Waals surface area contributed by atoms with Gasteiger partial charge in [-0.2, -0.15) is 0 Å². The van der Waals surface area contributed by atoms with Gasteiger partial charge in [0.25, 0.3) is 0 Å². The molecule has 0 spiro atoms. The molecule has 0 unspecified atom stereocenters. The molecule has 0 bridgehead atoms. The summed E-state index contributed by atoms with van der Waals surface area (Å²) in [5, 5.41) is 0.898. The molecule has 4 nitrogen and oxygen atoms in total. The van der Waals surface area contributed by atoms with Crippen LogP contribution in [0.1, 0.15) is 23.3 Å². The summed E-state index contributed by atoms with van der Waals surface area (Å²) in [7, 11) is 2.02. The highest BCUT2D eigenvalue weighted by molar-refractivity contribution is 7.16. The number of pyridine rings is 1. The normalized spacial score (nSPS) is 14.7. The summed E-state index contributed by atoms with van der Waals surface area (Å²) in [6, 6.07) is 3.92. The van der Waals surface area contributed by atoms with Gasteiger partial charge >= 0.3 is 0 Å². The lowest BCUT2D eigenvalue weighted by molar-refractivity contribution is 0.697. The number of rotatable bonds is 1. The third kappa shape index (κ3) is 1.59. The second-order valence-electron chi connectivity index (χ2n) is 5.29. The van der Waals surface area contributed by atoms with Gasteiger partial charge in [-0.1, -0.05) is 0 Å². The fourth-order valence-corrected chi connectivity index (χ4v) is 4.24. The van der Waals surface area contributed by atoms with E-state index in [0.29, 0.717) is 0 Å². The number of thiophene rings is 1. The van der Waals surface area contributed by atoms with Gasteiger partial charge in [-0.15, -0.1) is 11.3 Å². The molecule has 0 aromatic carbocycles. The Kier molecular flexibility index (Phi) is 2.57. The third-order valence-electron chi connectivity index (χ3n) is 4.05. The molecule has 3 aromatic heterocycles. The number of fused-ring (bicyclic) bond motifs is 2. The predicted molar refractivity (Wildman–Crippen MR) is 82.9 cm³/mol. The number of aryl methyl sites for hydroxylation is 2. The van der Waals surface area contributed by atoms with E-state index < -0.39 is 0 Å². The highest BCUT2D eigenvalue weighted by atomic mass is 32.1. The van der Waals surface area contributed by atoms with Gasteiger partial charge in [-0.3, -0.25) is 0 Å². The molecule has 0 atom stereocenters. The van der Waals surface area contributed by atoms with Crippen molar-refractivity contribution in [3.8, 4) is 11.4 Å². The van der Waals surface area contributed by atoms with E-state index in [2.05, 4.69) is 9.55 Å². The number of hydrogen-bond donors (Lipinski definition) is 1. The second-order valence-corrected chi connectivity index (χ2v) is 6.43. The molecule has 0 saturated carbocycles. The summed E-state index contributed by atoms with van der Waals surface area (Å²) in [4.78, 5) is 10.6. The zero-order chi connectivity index (χ0) is 13.7. The summed E-state index contributed by atoms with van der Waals surface area (Å²) in [5.41, 5.74) is 10.7. The smallest absolute Gasteiger partial charge is 0.160 e. The van der Waals surface area contributed by atoms with E-state index in [1.165, 1.54) is 23.3 Å². The monoisotopic (exact) mass is 284 g/mol. The molecular formula is C15H16N4S. The molecule has 0 amide bonds. The average Bonchev–Trinajstić information content (AvgIpc) is 2.96. The first-order chi connectivity index (χ1) is 9.75. The Morgan fingerprint density at radius 1 is 1.30 bits per heavy atom. The molecular weight excluding hydrogens is 268 g/mol. The minimum atomic E-state index is 0.898. The van der Waals surface area contributed by atoms with E-state index in [1.54, 1.807) is 17.5 Å². The second kappa shape index (κ2) is 4.31. The number of imidazole rings is 1. The molecule has 102 valence electrons. The minimum Gasteiger partial charge on any atom is -0.390 e. The van der Waals surface area contributed by atoms with E-state index in [0.717, 1.165) is 40.4 Å². The molecule has 1 aliphatic rings. The first-order valence-electron chi connectivity index (χ1n) is 6.93. The maximum absolute atomic E-state index is 6.29. The van der Waals surface area contributed by atoms with Crippen LogP contribution in [0.25, 0.3) is 22.6 Å². The van der Waals surface area contributed by atoms with Crippen molar-refractivity contribution in [2.45, 2.75) is 25.7 Å². The SMILES string of the molecule is Cn1c(-c2c(N)sc3c2CCCC3)nc2cccnc21. The van der Waals surface area contributed by atoms with Gasteiger partial charge in [-0.05, 0) is 43.4 Å². The van der Waals surface area contributed by atoms with E-state index in [9.17, 15) is 0 Å². The lowest BCUT2D eigenvalue weighted by Crippen LogP contribution is -2.02. The standard InChI is InChI=1S/C15H16N4S/c1-19-14-10(6-4-8-17-14)18-15(19)12-9-5-2-3-7-11(9)20-13(12)16/h4,6,8H,2-3,5,7,16H2,1H3. The molecule has 1 aliphatic carbocycles. The van der Waals surface area contributed by atoms with Crippen molar-refractivity contribution < 1.29 is 0 Å². The van der Waals surface area contributed by atoms with Gasteiger partial charge in [-0.25, -0.2) is 9.97 Å². The maximum Gasteiger partial charge on any atom is 0.160 e. The molecule has 3 aromatic rings. The number of aromatic nitrogens is 3. The third-order valence-corrected chi connectivity index (χ3v) is 5.17. The van der Waals surface area contributed by atoms with Crippen molar-refractivity contribution in [3.63, 3.8) is 0 Å². The topological polar surface area (TPSA) is 56.7 Å². The molecule has 5 heteroatoms. The summed E-state index contributed by atoms with van der Waals surface area (Å²) >= 11 is 1.73. The zero-order valence-corrected chi connectivity index (χ0v) is 12.2. The largest absolute Gasteiger partial charge is 0.390 e. The van der Waals surface area contributed by atoms with E-state index in [4.69, 9.17) is 10.7 Å². The van der Waals surface area contributed by atoms with Crippen LogP contribution in [0.4, 0.5) is 5.00 Å². The van der Waals surface area contributed by atoms with Crippen LogP contribution in [0.2, 0.25) is 0 Å². The molecule has 0 radical (unpaired) electrons. The molecule has 0 saturated heterocycles. The van der Waals surface area contributed by atoms with Crippen LogP contribution in [0.3, 0.4) is 0 Å². The first-order valence-corrected chi connectivity index (χ1v) is 7.75. The number of nitrogen functional groups attached to an aromatic ring is 1. The number of hydrogen-bond acceptors (Lipinski definition) is 4. The Bertz CT molecular complexity index is 800. The van der Waals surface area contributed by atoms with Gasteiger partial charge in [0.1, 0.15) is 11.3 Å². The lowest BCUT2D eigenvalue weighted by Gasteiger charge is -2.12. The summed E-state index contributed by atoms with van der Waals surface area (Å²) in [6.07, 6.45) is 6.61. The minimum absolute atomic E-state index is 0.898. The van der Waals surface area contributed by atoms with E-state index in [-0.39, 0.29) is 0 Å². The Morgan fingerprint density at radius 3 is 3.00 bits per heavy atom. The van der Waals surface area contributed by atoms with Crippen LogP contribution in [0, 0.1) is 0 Å². The quantitative estimate of drug-likeness (QED) is 0.746. The van der Waals surface area contributed by atoms with Crippen LogP contribution in [-0.2, 0) is 19.9 Å². The van der Waals surface area contributed by atoms with Gasteiger partial charge < -0.3 is 10.3 Å². The first kappa shape index (κ1) is 11.9. The van der Waals surface area contributed by atoms with Crippen molar-refractivity contribution in [3.05, 3.63) is 28.8 Å². The van der Waals surface area contributed by atoms with Gasteiger partial charge in [0.2, 0.25) is 0 Å². The molecule has 0 aliphatic heterocycles. The van der Waals surface area contributed by atoms with Crippen molar-refractivity contribution in [2.75, 3.05) is 5.73 Å². The van der Waals surface area contributed by atoms with Crippen molar-refractivity contribution in [1.29, 1.82) is 0 Å². The molecule has 0 fully saturated rings. The van der Waals surface area contributed by atoms with Gasteiger partial charge in [0.15, 0.2) is 5.65 Å². The Morgan fingerprint density at radius 2 is 2.15 bits per heavy atom. The Balaban J connectivity index is 2.00. The Hall–Kier alpha value is -1.88. The maximum atomic E-state index is 6.29. The van der Waals surface area contributed by atoms with E-state index in [1.807, 2.05) is 19.2 Å². The fourth-order valence-electron chi connectivity index (χ4n) is 3.08. The van der Waals surface area contributed by atoms with Crippen molar-refractivity contribution >= 4 is 27.5 Å². The molecule has 20 heavy (non-hydrogen) atoms. The van der Waals surface area contributed by atoms with Gasteiger partial charge in [0, 0.05) is 18.1 Å². The summed E-state index contributed by atoms with van der Waals surface area (Å²) in [5.74, 6) is 0.954.